The van der Waals surface area contributed by atoms with E-state index in [9.17, 15) is 4.39 Å². The van der Waals surface area contributed by atoms with Gasteiger partial charge in [0, 0.05) is 48.1 Å². The molecule has 4 heterocycles. The maximum Gasteiger partial charge on any atom is 0.212 e. The Bertz CT molecular complexity index is 1150. The third-order valence-electron chi connectivity index (χ3n) is 4.64. The third-order valence-corrected chi connectivity index (χ3v) is 4.64. The molecule has 0 atom stereocenters. The Hall–Kier alpha value is -3.36. The number of hydrogen-bond acceptors (Lipinski definition) is 5. The van der Waals surface area contributed by atoms with Gasteiger partial charge >= 0.3 is 0 Å². The lowest BCUT2D eigenvalue weighted by molar-refractivity contribution is -0.626. The van der Waals surface area contributed by atoms with Crippen LogP contribution in [0.4, 0.5) is 15.9 Å². The van der Waals surface area contributed by atoms with Crippen LogP contribution in [0, 0.1) is 5.82 Å². The van der Waals surface area contributed by atoms with Gasteiger partial charge in [-0.1, -0.05) is 11.6 Å². The number of rotatable bonds is 3. The van der Waals surface area contributed by atoms with Crippen molar-refractivity contribution in [3.8, 4) is 11.3 Å². The van der Waals surface area contributed by atoms with Gasteiger partial charge in [0.15, 0.2) is 5.69 Å². The summed E-state index contributed by atoms with van der Waals surface area (Å²) in [6.45, 7) is 0.351. The number of benzene rings is 1. The molecule has 0 saturated carbocycles. The Morgan fingerprint density at radius 1 is 1.22 bits per heavy atom. The lowest BCUT2D eigenvalue weighted by Gasteiger charge is -2.15. The van der Waals surface area contributed by atoms with Gasteiger partial charge in [-0.05, 0) is 18.2 Å². The standard InChI is InChI=1S/C19H16FN7/c1-26-10-14(9-22-26)16-4-5-17-19(23-16)27(25-24-17)11-13-7-12-3-2-6-21-18(12)8-15(13)20/h2-10,24-25H,11H2,1H3/p+1. The maximum atomic E-state index is 14.6. The van der Waals surface area contributed by atoms with E-state index in [1.165, 1.54) is 6.07 Å². The van der Waals surface area contributed by atoms with Crippen LogP contribution in [-0.4, -0.2) is 19.7 Å². The van der Waals surface area contributed by atoms with Crippen molar-refractivity contribution >= 4 is 22.4 Å². The number of fused-ring (bicyclic) bond motifs is 2. The summed E-state index contributed by atoms with van der Waals surface area (Å²) < 4.78 is 16.3. The fraction of sp³-hybridized carbons (Fsp3) is 0.105. The van der Waals surface area contributed by atoms with Crippen molar-refractivity contribution in [3.63, 3.8) is 0 Å². The van der Waals surface area contributed by atoms with E-state index in [0.717, 1.165) is 28.1 Å². The summed E-state index contributed by atoms with van der Waals surface area (Å²) in [6, 6.07) is 11.1. The third kappa shape index (κ3) is 2.80. The Morgan fingerprint density at radius 2 is 2.15 bits per heavy atom. The van der Waals surface area contributed by atoms with Crippen molar-refractivity contribution < 1.29 is 9.82 Å². The molecule has 4 aromatic rings. The topological polar surface area (TPSA) is 75.5 Å². The van der Waals surface area contributed by atoms with E-state index in [4.69, 9.17) is 4.98 Å². The molecule has 134 valence electrons. The first-order chi connectivity index (χ1) is 13.2. The Labute approximate surface area is 154 Å². The second-order valence-corrected chi connectivity index (χ2v) is 6.51. The molecule has 5 rings (SSSR count). The van der Waals surface area contributed by atoms with Gasteiger partial charge in [0.05, 0.1) is 24.0 Å². The largest absolute Gasteiger partial charge is 0.275 e. The van der Waals surface area contributed by atoms with Crippen LogP contribution in [0.1, 0.15) is 5.56 Å². The van der Waals surface area contributed by atoms with Crippen molar-refractivity contribution in [3.05, 3.63) is 66.4 Å². The van der Waals surface area contributed by atoms with E-state index >= 15 is 0 Å². The van der Waals surface area contributed by atoms with Crippen LogP contribution in [0.3, 0.4) is 0 Å². The van der Waals surface area contributed by atoms with Gasteiger partial charge in [-0.25, -0.2) is 19.8 Å². The zero-order chi connectivity index (χ0) is 18.4. The van der Waals surface area contributed by atoms with Gasteiger partial charge < -0.3 is 0 Å². The molecule has 0 radical (unpaired) electrons. The summed E-state index contributed by atoms with van der Waals surface area (Å²) in [5, 5.41) is 6.95. The minimum atomic E-state index is -0.278. The van der Waals surface area contributed by atoms with Gasteiger partial charge in [-0.15, -0.1) is 0 Å². The van der Waals surface area contributed by atoms with Crippen LogP contribution < -0.4 is 16.0 Å². The molecule has 1 aliphatic heterocycles. The number of quaternary nitrogens is 1. The molecule has 0 aliphatic carbocycles. The van der Waals surface area contributed by atoms with Crippen LogP contribution in [0.2, 0.25) is 0 Å². The molecule has 1 aromatic carbocycles. The summed E-state index contributed by atoms with van der Waals surface area (Å²) in [5.74, 6) is 0.488. The summed E-state index contributed by atoms with van der Waals surface area (Å²) in [7, 11) is 1.87. The molecular weight excluding hydrogens is 345 g/mol. The van der Waals surface area contributed by atoms with E-state index in [2.05, 4.69) is 15.6 Å². The first-order valence-corrected chi connectivity index (χ1v) is 8.57. The van der Waals surface area contributed by atoms with Crippen LogP contribution in [0.5, 0.6) is 0 Å². The van der Waals surface area contributed by atoms with Crippen molar-refractivity contribution in [2.24, 2.45) is 7.05 Å². The van der Waals surface area contributed by atoms with Crippen molar-refractivity contribution in [2.45, 2.75) is 6.54 Å². The fourth-order valence-electron chi connectivity index (χ4n) is 3.26. The second-order valence-electron chi connectivity index (χ2n) is 6.51. The van der Waals surface area contributed by atoms with Crippen LogP contribution in [-0.2, 0) is 13.6 Å². The van der Waals surface area contributed by atoms with Crippen LogP contribution in [0.15, 0.2) is 55.0 Å². The molecule has 7 nitrogen and oxygen atoms in total. The fourth-order valence-corrected chi connectivity index (χ4v) is 3.26. The number of halogens is 1. The van der Waals surface area contributed by atoms with Gasteiger partial charge in [-0.2, -0.15) is 5.10 Å². The van der Waals surface area contributed by atoms with E-state index in [-0.39, 0.29) is 5.82 Å². The Morgan fingerprint density at radius 3 is 3.00 bits per heavy atom. The molecule has 0 unspecified atom stereocenters. The first kappa shape index (κ1) is 15.9. The average Bonchev–Trinajstić information content (AvgIpc) is 3.28. The molecule has 3 N–H and O–H groups in total. The minimum Gasteiger partial charge on any atom is -0.275 e. The van der Waals surface area contributed by atoms with Crippen LogP contribution in [0.25, 0.3) is 22.2 Å². The molecule has 8 heteroatoms. The Kier molecular flexibility index (Phi) is 3.59. The highest BCUT2D eigenvalue weighted by Crippen LogP contribution is 2.28. The lowest BCUT2D eigenvalue weighted by atomic mass is 10.1. The smallest absolute Gasteiger partial charge is 0.212 e. The summed E-state index contributed by atoms with van der Waals surface area (Å²) in [6.07, 6.45) is 5.36. The Balaban J connectivity index is 1.49. The average molecular weight is 362 g/mol. The predicted molar refractivity (Wildman–Crippen MR) is 99.0 cm³/mol. The number of pyridine rings is 2. The summed E-state index contributed by atoms with van der Waals surface area (Å²) in [4.78, 5) is 8.95. The molecule has 0 spiro atoms. The minimum absolute atomic E-state index is 0.278. The molecule has 0 saturated heterocycles. The number of nitrogens with one attached hydrogen (secondary N) is 1. The van der Waals surface area contributed by atoms with E-state index in [1.54, 1.807) is 17.1 Å². The summed E-state index contributed by atoms with van der Waals surface area (Å²) >= 11 is 0. The van der Waals surface area contributed by atoms with E-state index in [1.807, 2.05) is 54.0 Å². The van der Waals surface area contributed by atoms with E-state index in [0.29, 0.717) is 17.6 Å². The molecular formula is C19H17FN7+. The zero-order valence-corrected chi connectivity index (χ0v) is 14.6. The summed E-state index contributed by atoms with van der Waals surface area (Å²) in [5.41, 5.74) is 9.00. The molecule has 3 aromatic heterocycles. The normalized spacial score (nSPS) is 13.3. The molecule has 0 fully saturated rings. The molecule has 1 aliphatic rings. The number of hydrogen-bond donors (Lipinski definition) is 2. The molecule has 0 amide bonds. The number of aromatic nitrogens is 4. The number of anilines is 1. The lowest BCUT2D eigenvalue weighted by Crippen LogP contribution is -2.87. The highest BCUT2D eigenvalue weighted by atomic mass is 19.1. The zero-order valence-electron chi connectivity index (χ0n) is 14.6. The predicted octanol–water partition coefficient (Wildman–Crippen LogP) is 1.80. The maximum absolute atomic E-state index is 14.6. The van der Waals surface area contributed by atoms with Gasteiger partial charge in [0.1, 0.15) is 5.82 Å². The quantitative estimate of drug-likeness (QED) is 0.544. The highest BCUT2D eigenvalue weighted by molar-refractivity contribution is 5.79. The SMILES string of the molecule is Cn1cc(-c2ccc3c(n2)N(Cc2cc4cccnc4cc2F)N[NH2+]3)cn1. The number of hydrazine groups is 1. The number of nitrogens with two attached hydrogens (primary N) is 1. The van der Waals surface area contributed by atoms with Crippen molar-refractivity contribution in [1.82, 2.24) is 25.3 Å². The number of nitrogens with zero attached hydrogens (tertiary/aromatic N) is 5. The van der Waals surface area contributed by atoms with Gasteiger partial charge in [-0.3, -0.25) is 9.67 Å². The van der Waals surface area contributed by atoms with Crippen LogP contribution >= 0.6 is 0 Å². The first-order valence-electron chi connectivity index (χ1n) is 8.57. The number of aryl methyl sites for hydroxylation is 1. The van der Waals surface area contributed by atoms with Gasteiger partial charge in [0.25, 0.3) is 0 Å². The second kappa shape index (κ2) is 6.11. The molecule has 27 heavy (non-hydrogen) atoms. The van der Waals surface area contributed by atoms with Gasteiger partial charge in [0.2, 0.25) is 5.82 Å². The van der Waals surface area contributed by atoms with Crippen molar-refractivity contribution in [1.29, 1.82) is 0 Å². The molecule has 0 bridgehead atoms. The van der Waals surface area contributed by atoms with E-state index < -0.39 is 0 Å². The monoisotopic (exact) mass is 362 g/mol. The highest BCUT2D eigenvalue weighted by Gasteiger charge is 2.26. The van der Waals surface area contributed by atoms with Crippen molar-refractivity contribution in [2.75, 3.05) is 5.01 Å².